The van der Waals surface area contributed by atoms with Crippen LogP contribution in [0.1, 0.15) is 24.0 Å². The predicted molar refractivity (Wildman–Crippen MR) is 54.9 cm³/mol. The van der Waals surface area contributed by atoms with Crippen molar-refractivity contribution in [1.29, 1.82) is 0 Å². The molecule has 1 aromatic carbocycles. The molecule has 1 nitrogen and oxygen atoms in total. The van der Waals surface area contributed by atoms with Gasteiger partial charge < -0.3 is 5.11 Å². The Labute approximate surface area is 82.7 Å². The van der Waals surface area contributed by atoms with Crippen molar-refractivity contribution in [2.75, 3.05) is 0 Å². The van der Waals surface area contributed by atoms with Gasteiger partial charge in [0.25, 0.3) is 0 Å². The molecule has 2 atom stereocenters. The van der Waals surface area contributed by atoms with E-state index in [0.29, 0.717) is 0 Å². The van der Waals surface area contributed by atoms with E-state index in [1.165, 1.54) is 5.56 Å². The zero-order valence-electron chi connectivity index (χ0n) is 7.37. The highest BCUT2D eigenvalue weighted by Gasteiger charge is 2.21. The lowest BCUT2D eigenvalue weighted by Crippen LogP contribution is -2.10. The largest absolute Gasteiger partial charge is 0.392 e. The standard InChI is InChI=1S/C11H11ClO/c1-7(13)10-4-2-8-6-9(12)3-5-11(8)10/h2-7,10,13H,1H3. The fourth-order valence-corrected chi connectivity index (χ4v) is 1.91. The number of fused-ring (bicyclic) bond motifs is 1. The van der Waals surface area contributed by atoms with Gasteiger partial charge in [-0.15, -0.1) is 0 Å². The summed E-state index contributed by atoms with van der Waals surface area (Å²) >= 11 is 5.85. The second kappa shape index (κ2) is 3.17. The fraction of sp³-hybridized carbons (Fsp3) is 0.273. The normalized spacial score (nSPS) is 21.6. The number of aliphatic hydroxyl groups excluding tert-OH is 1. The first-order valence-electron chi connectivity index (χ1n) is 4.34. The monoisotopic (exact) mass is 194 g/mol. The summed E-state index contributed by atoms with van der Waals surface area (Å²) in [5.41, 5.74) is 2.29. The molecule has 68 valence electrons. The Bertz CT molecular complexity index is 355. The van der Waals surface area contributed by atoms with E-state index in [9.17, 15) is 5.11 Å². The molecule has 0 aliphatic heterocycles. The van der Waals surface area contributed by atoms with Crippen LogP contribution in [0.25, 0.3) is 6.08 Å². The van der Waals surface area contributed by atoms with Gasteiger partial charge in [-0.1, -0.05) is 29.8 Å². The van der Waals surface area contributed by atoms with Gasteiger partial charge >= 0.3 is 0 Å². The molecule has 0 aromatic heterocycles. The maximum absolute atomic E-state index is 9.48. The van der Waals surface area contributed by atoms with Crippen molar-refractivity contribution in [3.05, 3.63) is 40.4 Å². The molecule has 1 N–H and O–H groups in total. The van der Waals surface area contributed by atoms with Crippen LogP contribution in [0.5, 0.6) is 0 Å². The first kappa shape index (κ1) is 8.79. The number of halogens is 1. The lowest BCUT2D eigenvalue weighted by atomic mass is 9.96. The molecule has 13 heavy (non-hydrogen) atoms. The number of hydrogen-bond acceptors (Lipinski definition) is 1. The second-order valence-electron chi connectivity index (χ2n) is 3.40. The van der Waals surface area contributed by atoms with Crippen molar-refractivity contribution < 1.29 is 5.11 Å². The van der Waals surface area contributed by atoms with E-state index in [0.717, 1.165) is 10.6 Å². The summed E-state index contributed by atoms with van der Waals surface area (Å²) in [6.45, 7) is 1.80. The van der Waals surface area contributed by atoms with Gasteiger partial charge in [0.05, 0.1) is 6.10 Å². The molecule has 2 rings (SSSR count). The second-order valence-corrected chi connectivity index (χ2v) is 3.84. The Kier molecular flexibility index (Phi) is 2.14. The molecule has 0 saturated heterocycles. The summed E-state index contributed by atoms with van der Waals surface area (Å²) in [5, 5.41) is 10.2. The molecule has 0 bridgehead atoms. The van der Waals surface area contributed by atoms with Gasteiger partial charge in [-0.3, -0.25) is 0 Å². The Morgan fingerprint density at radius 1 is 1.46 bits per heavy atom. The smallest absolute Gasteiger partial charge is 0.0615 e. The molecule has 0 radical (unpaired) electrons. The Morgan fingerprint density at radius 2 is 2.23 bits per heavy atom. The lowest BCUT2D eigenvalue weighted by molar-refractivity contribution is 0.180. The summed E-state index contributed by atoms with van der Waals surface area (Å²) in [6, 6.07) is 5.77. The van der Waals surface area contributed by atoms with Gasteiger partial charge in [0.2, 0.25) is 0 Å². The topological polar surface area (TPSA) is 20.2 Å². The number of hydrogen-bond donors (Lipinski definition) is 1. The minimum absolute atomic E-state index is 0.132. The van der Waals surface area contributed by atoms with E-state index in [2.05, 4.69) is 0 Å². The van der Waals surface area contributed by atoms with E-state index in [-0.39, 0.29) is 12.0 Å². The van der Waals surface area contributed by atoms with Crippen LogP contribution >= 0.6 is 11.6 Å². The van der Waals surface area contributed by atoms with Crippen molar-refractivity contribution >= 4 is 17.7 Å². The van der Waals surface area contributed by atoms with Gasteiger partial charge in [-0.05, 0) is 30.2 Å². The third kappa shape index (κ3) is 1.50. The molecular weight excluding hydrogens is 184 g/mol. The van der Waals surface area contributed by atoms with Crippen molar-refractivity contribution in [1.82, 2.24) is 0 Å². The maximum Gasteiger partial charge on any atom is 0.0615 e. The van der Waals surface area contributed by atoms with Gasteiger partial charge in [-0.25, -0.2) is 0 Å². The first-order chi connectivity index (χ1) is 6.18. The molecule has 0 spiro atoms. The van der Waals surface area contributed by atoms with Crippen LogP contribution in [0, 0.1) is 0 Å². The summed E-state index contributed by atoms with van der Waals surface area (Å²) in [7, 11) is 0. The van der Waals surface area contributed by atoms with Gasteiger partial charge in [0.15, 0.2) is 0 Å². The van der Waals surface area contributed by atoms with E-state index in [4.69, 9.17) is 11.6 Å². The van der Waals surface area contributed by atoms with Crippen LogP contribution in [-0.4, -0.2) is 11.2 Å². The summed E-state index contributed by atoms with van der Waals surface area (Å²) < 4.78 is 0. The Hall–Kier alpha value is -0.790. The molecular formula is C11H11ClO. The summed E-state index contributed by atoms with van der Waals surface area (Å²) in [4.78, 5) is 0. The van der Waals surface area contributed by atoms with E-state index >= 15 is 0 Å². The van der Waals surface area contributed by atoms with Gasteiger partial charge in [0, 0.05) is 10.9 Å². The van der Waals surface area contributed by atoms with Crippen LogP contribution in [-0.2, 0) is 0 Å². The highest BCUT2D eigenvalue weighted by molar-refractivity contribution is 6.30. The molecule has 1 aliphatic carbocycles. The molecule has 1 aromatic rings. The van der Waals surface area contributed by atoms with Crippen molar-refractivity contribution in [2.45, 2.75) is 18.9 Å². The van der Waals surface area contributed by atoms with Crippen molar-refractivity contribution in [2.24, 2.45) is 0 Å². The SMILES string of the molecule is CC(O)C1C=Cc2cc(Cl)ccc21. The third-order valence-electron chi connectivity index (χ3n) is 2.41. The average molecular weight is 195 g/mol. The zero-order chi connectivity index (χ0) is 9.42. The van der Waals surface area contributed by atoms with Gasteiger partial charge in [0.1, 0.15) is 0 Å². The molecule has 0 heterocycles. The van der Waals surface area contributed by atoms with Crippen molar-refractivity contribution in [3.63, 3.8) is 0 Å². The van der Waals surface area contributed by atoms with Crippen LogP contribution in [0.4, 0.5) is 0 Å². The first-order valence-corrected chi connectivity index (χ1v) is 4.72. The predicted octanol–water partition coefficient (Wildman–Crippen LogP) is 2.83. The average Bonchev–Trinajstić information content (AvgIpc) is 2.46. The summed E-state index contributed by atoms with van der Waals surface area (Å²) in [5.74, 6) is 0.132. The van der Waals surface area contributed by atoms with E-state index in [1.54, 1.807) is 6.92 Å². The number of benzene rings is 1. The Balaban J connectivity index is 2.44. The van der Waals surface area contributed by atoms with Crippen LogP contribution in [0.15, 0.2) is 24.3 Å². The van der Waals surface area contributed by atoms with Crippen LogP contribution < -0.4 is 0 Å². The quantitative estimate of drug-likeness (QED) is 0.729. The summed E-state index contributed by atoms with van der Waals surface area (Å²) in [6.07, 6.45) is 3.70. The number of aliphatic hydroxyl groups is 1. The molecule has 0 fully saturated rings. The molecule has 1 aliphatic rings. The Morgan fingerprint density at radius 3 is 2.92 bits per heavy atom. The van der Waals surface area contributed by atoms with E-state index in [1.807, 2.05) is 30.4 Å². The minimum atomic E-state index is -0.335. The van der Waals surface area contributed by atoms with Crippen molar-refractivity contribution in [3.8, 4) is 0 Å². The maximum atomic E-state index is 9.48. The molecule has 0 saturated carbocycles. The van der Waals surface area contributed by atoms with Crippen LogP contribution in [0.2, 0.25) is 5.02 Å². The van der Waals surface area contributed by atoms with E-state index < -0.39 is 0 Å². The van der Waals surface area contributed by atoms with Gasteiger partial charge in [-0.2, -0.15) is 0 Å². The zero-order valence-corrected chi connectivity index (χ0v) is 8.12. The highest BCUT2D eigenvalue weighted by atomic mass is 35.5. The lowest BCUT2D eigenvalue weighted by Gasteiger charge is -2.13. The number of rotatable bonds is 1. The minimum Gasteiger partial charge on any atom is -0.392 e. The molecule has 2 heteroatoms. The molecule has 2 unspecified atom stereocenters. The highest BCUT2D eigenvalue weighted by Crippen LogP contribution is 2.33. The van der Waals surface area contributed by atoms with Crippen LogP contribution in [0.3, 0.4) is 0 Å². The fourth-order valence-electron chi connectivity index (χ4n) is 1.73. The molecule has 0 amide bonds. The third-order valence-corrected chi connectivity index (χ3v) is 2.65.